The van der Waals surface area contributed by atoms with Gasteiger partial charge in [-0.2, -0.15) is 0 Å². The van der Waals surface area contributed by atoms with Gasteiger partial charge in [-0.25, -0.2) is 9.18 Å². The normalized spacial score (nSPS) is 29.6. The molecule has 1 saturated heterocycles. The van der Waals surface area contributed by atoms with E-state index in [-0.39, 0.29) is 11.7 Å². The van der Waals surface area contributed by atoms with Crippen LogP contribution in [0.2, 0.25) is 0 Å². The van der Waals surface area contributed by atoms with Gasteiger partial charge in [0.05, 0.1) is 11.7 Å². The van der Waals surface area contributed by atoms with Gasteiger partial charge in [0, 0.05) is 25.6 Å². The molecule has 108 valence electrons. The van der Waals surface area contributed by atoms with Gasteiger partial charge in [0.1, 0.15) is 5.82 Å². The number of carboxylic acids is 1. The molecule has 3 unspecified atom stereocenters. The zero-order valence-corrected chi connectivity index (χ0v) is 11.1. The Kier molecular flexibility index (Phi) is 3.48. The van der Waals surface area contributed by atoms with E-state index in [0.29, 0.717) is 18.4 Å². The Bertz CT molecular complexity index is 534. The van der Waals surface area contributed by atoms with Crippen LogP contribution < -0.4 is 0 Å². The van der Waals surface area contributed by atoms with Crippen molar-refractivity contribution in [3.8, 4) is 0 Å². The van der Waals surface area contributed by atoms with Crippen molar-refractivity contribution in [2.45, 2.75) is 25.5 Å². The van der Waals surface area contributed by atoms with Crippen molar-refractivity contribution in [1.29, 1.82) is 0 Å². The van der Waals surface area contributed by atoms with Crippen LogP contribution in [0.25, 0.3) is 0 Å². The minimum atomic E-state index is -1.24. The van der Waals surface area contributed by atoms with Crippen LogP contribution in [0.4, 0.5) is 4.39 Å². The molecule has 2 aliphatic rings. The van der Waals surface area contributed by atoms with Crippen molar-refractivity contribution >= 4 is 5.97 Å². The molecule has 0 radical (unpaired) electrons. The van der Waals surface area contributed by atoms with E-state index in [1.807, 2.05) is 0 Å². The second-order valence-corrected chi connectivity index (χ2v) is 5.88. The van der Waals surface area contributed by atoms with Crippen molar-refractivity contribution < 1.29 is 19.4 Å². The first-order valence-corrected chi connectivity index (χ1v) is 6.96. The molecule has 0 bridgehead atoms. The maximum atomic E-state index is 13.6. The molecule has 3 rings (SSSR count). The van der Waals surface area contributed by atoms with Crippen LogP contribution in [0.15, 0.2) is 18.2 Å². The van der Waals surface area contributed by atoms with Crippen molar-refractivity contribution in [2.24, 2.45) is 11.8 Å². The van der Waals surface area contributed by atoms with Gasteiger partial charge in [0.15, 0.2) is 0 Å². The number of aromatic carboxylic acids is 1. The van der Waals surface area contributed by atoms with E-state index in [2.05, 4.69) is 4.90 Å². The number of likely N-dealkylation sites (tertiary alicyclic amines) is 1. The van der Waals surface area contributed by atoms with E-state index in [4.69, 9.17) is 5.11 Å². The molecule has 0 aromatic heterocycles. The van der Waals surface area contributed by atoms with E-state index < -0.39 is 11.8 Å². The van der Waals surface area contributed by atoms with E-state index >= 15 is 0 Å². The smallest absolute Gasteiger partial charge is 0.338 e. The molecule has 1 aromatic carbocycles. The lowest BCUT2D eigenvalue weighted by molar-refractivity contribution is 0.0691. The minimum absolute atomic E-state index is 0.198. The topological polar surface area (TPSA) is 60.8 Å². The highest BCUT2D eigenvalue weighted by Gasteiger charge is 2.41. The van der Waals surface area contributed by atoms with Gasteiger partial charge in [-0.3, -0.25) is 4.90 Å². The number of carboxylic acid groups (broad SMARTS) is 1. The van der Waals surface area contributed by atoms with Gasteiger partial charge in [-0.1, -0.05) is 6.07 Å². The number of halogens is 1. The van der Waals surface area contributed by atoms with Crippen molar-refractivity contribution in [3.05, 3.63) is 35.1 Å². The monoisotopic (exact) mass is 279 g/mol. The van der Waals surface area contributed by atoms with Gasteiger partial charge in [0.2, 0.25) is 0 Å². The molecule has 2 fully saturated rings. The predicted molar refractivity (Wildman–Crippen MR) is 70.9 cm³/mol. The first-order valence-electron chi connectivity index (χ1n) is 6.96. The number of carbonyl (C=O) groups is 1. The summed E-state index contributed by atoms with van der Waals surface area (Å²) in [6, 6.07) is 4.28. The number of fused-ring (bicyclic) bond motifs is 1. The molecular formula is C15H18FNO3. The Hall–Kier alpha value is -1.46. The molecule has 1 aliphatic carbocycles. The molecule has 1 aliphatic heterocycles. The summed E-state index contributed by atoms with van der Waals surface area (Å²) in [5.74, 6) is -1.03. The number of aliphatic hydroxyl groups excluding tert-OH is 1. The lowest BCUT2D eigenvalue weighted by Crippen LogP contribution is -2.24. The van der Waals surface area contributed by atoms with Crippen molar-refractivity contribution in [2.75, 3.05) is 13.1 Å². The average molecular weight is 279 g/mol. The molecule has 5 heteroatoms. The average Bonchev–Trinajstić information content (AvgIpc) is 2.91. The predicted octanol–water partition coefficient (Wildman–Crippen LogP) is 1.73. The number of benzene rings is 1. The molecule has 0 spiro atoms. The number of hydrogen-bond acceptors (Lipinski definition) is 3. The summed E-state index contributed by atoms with van der Waals surface area (Å²) in [6.45, 7) is 2.38. The largest absolute Gasteiger partial charge is 0.478 e. The van der Waals surface area contributed by atoms with Gasteiger partial charge in [-0.05, 0) is 36.5 Å². The van der Waals surface area contributed by atoms with Crippen LogP contribution in [-0.4, -0.2) is 40.3 Å². The SMILES string of the molecule is O=C(O)c1ccc(CN2CC3CCC(O)C3C2)cc1F. The van der Waals surface area contributed by atoms with Crippen molar-refractivity contribution in [1.82, 2.24) is 4.90 Å². The van der Waals surface area contributed by atoms with E-state index in [0.717, 1.165) is 31.5 Å². The summed E-state index contributed by atoms with van der Waals surface area (Å²) >= 11 is 0. The van der Waals surface area contributed by atoms with E-state index in [1.54, 1.807) is 6.07 Å². The Morgan fingerprint density at radius 1 is 1.35 bits per heavy atom. The van der Waals surface area contributed by atoms with Crippen molar-refractivity contribution in [3.63, 3.8) is 0 Å². The first-order chi connectivity index (χ1) is 9.54. The lowest BCUT2D eigenvalue weighted by atomic mass is 10.00. The van der Waals surface area contributed by atoms with Crippen LogP contribution in [0.5, 0.6) is 0 Å². The van der Waals surface area contributed by atoms with Crippen LogP contribution >= 0.6 is 0 Å². The molecule has 2 N–H and O–H groups in total. The number of rotatable bonds is 3. The number of nitrogens with zero attached hydrogens (tertiary/aromatic N) is 1. The quantitative estimate of drug-likeness (QED) is 0.884. The molecular weight excluding hydrogens is 261 g/mol. The zero-order chi connectivity index (χ0) is 14.3. The Morgan fingerprint density at radius 2 is 2.15 bits per heavy atom. The van der Waals surface area contributed by atoms with Gasteiger partial charge in [0.25, 0.3) is 0 Å². The summed E-state index contributed by atoms with van der Waals surface area (Å²) in [4.78, 5) is 13.0. The standard InChI is InChI=1S/C15H18FNO3/c16-13-5-9(1-3-11(13)15(19)20)6-17-7-10-2-4-14(18)12(10)8-17/h1,3,5,10,12,14,18H,2,4,6-8H2,(H,19,20). The Balaban J connectivity index is 1.67. The summed E-state index contributed by atoms with van der Waals surface area (Å²) < 4.78 is 13.6. The molecule has 20 heavy (non-hydrogen) atoms. The minimum Gasteiger partial charge on any atom is -0.478 e. The molecule has 3 atom stereocenters. The molecule has 4 nitrogen and oxygen atoms in total. The first kappa shape index (κ1) is 13.5. The van der Waals surface area contributed by atoms with E-state index in [1.165, 1.54) is 12.1 Å². The fourth-order valence-corrected chi connectivity index (χ4v) is 3.55. The number of aliphatic hydroxyl groups is 1. The fourth-order valence-electron chi connectivity index (χ4n) is 3.55. The van der Waals surface area contributed by atoms with Crippen LogP contribution in [0.1, 0.15) is 28.8 Å². The lowest BCUT2D eigenvalue weighted by Gasteiger charge is -2.18. The maximum Gasteiger partial charge on any atom is 0.338 e. The van der Waals surface area contributed by atoms with E-state index in [9.17, 15) is 14.3 Å². The highest BCUT2D eigenvalue weighted by molar-refractivity contribution is 5.87. The van der Waals surface area contributed by atoms with Gasteiger partial charge < -0.3 is 10.2 Å². The zero-order valence-electron chi connectivity index (χ0n) is 11.1. The highest BCUT2D eigenvalue weighted by Crippen LogP contribution is 2.38. The van der Waals surface area contributed by atoms with Crippen LogP contribution in [0, 0.1) is 17.7 Å². The summed E-state index contributed by atoms with van der Waals surface area (Å²) in [7, 11) is 0. The maximum absolute atomic E-state index is 13.6. The van der Waals surface area contributed by atoms with Crippen LogP contribution in [0.3, 0.4) is 0 Å². The number of hydrogen-bond donors (Lipinski definition) is 2. The van der Waals surface area contributed by atoms with Gasteiger partial charge in [-0.15, -0.1) is 0 Å². The second-order valence-electron chi connectivity index (χ2n) is 5.88. The van der Waals surface area contributed by atoms with Gasteiger partial charge >= 0.3 is 5.97 Å². The fraction of sp³-hybridized carbons (Fsp3) is 0.533. The third-order valence-corrected chi connectivity index (χ3v) is 4.56. The molecule has 0 amide bonds. The Labute approximate surface area is 116 Å². The van der Waals surface area contributed by atoms with Crippen LogP contribution in [-0.2, 0) is 6.54 Å². The summed E-state index contributed by atoms with van der Waals surface area (Å²) in [5, 5.41) is 18.7. The summed E-state index contributed by atoms with van der Waals surface area (Å²) in [6.07, 6.45) is 1.76. The molecule has 1 heterocycles. The third-order valence-electron chi connectivity index (χ3n) is 4.56. The highest BCUT2D eigenvalue weighted by atomic mass is 19.1. The third kappa shape index (κ3) is 2.43. The molecule has 1 saturated carbocycles. The second kappa shape index (κ2) is 5.14. The molecule has 1 aromatic rings. The summed E-state index contributed by atoms with van der Waals surface area (Å²) in [5.41, 5.74) is 0.490. The Morgan fingerprint density at radius 3 is 2.80 bits per heavy atom.